The predicted octanol–water partition coefficient (Wildman–Crippen LogP) is 1.82. The second-order valence-electron chi connectivity index (χ2n) is 8.73. The van der Waals surface area contributed by atoms with Gasteiger partial charge in [-0.2, -0.15) is 5.10 Å². The van der Waals surface area contributed by atoms with Gasteiger partial charge in [-0.25, -0.2) is 4.68 Å². The van der Waals surface area contributed by atoms with Crippen molar-refractivity contribution >= 4 is 23.4 Å². The van der Waals surface area contributed by atoms with Crippen LogP contribution in [-0.4, -0.2) is 54.8 Å². The molecule has 0 atom stereocenters. The number of methoxy groups -OCH3 is 2. The molecular formula is C27H29N5O6. The molecule has 1 heterocycles. The molecule has 1 aliphatic rings. The van der Waals surface area contributed by atoms with Crippen LogP contribution in [0.25, 0.3) is 11.3 Å². The fourth-order valence-corrected chi connectivity index (χ4v) is 3.69. The summed E-state index contributed by atoms with van der Waals surface area (Å²) in [5.74, 6) is 0.499. The highest BCUT2D eigenvalue weighted by Crippen LogP contribution is 2.32. The van der Waals surface area contributed by atoms with Gasteiger partial charge in [0.25, 0.3) is 11.5 Å². The van der Waals surface area contributed by atoms with E-state index in [2.05, 4.69) is 21.0 Å². The van der Waals surface area contributed by atoms with Crippen LogP contribution in [-0.2, 0) is 16.1 Å². The Kier molecular flexibility index (Phi) is 8.37. The monoisotopic (exact) mass is 519 g/mol. The van der Waals surface area contributed by atoms with Crippen molar-refractivity contribution in [2.24, 2.45) is 5.92 Å². The highest BCUT2D eigenvalue weighted by Gasteiger charge is 2.29. The lowest BCUT2D eigenvalue weighted by Gasteiger charge is -2.12. The summed E-state index contributed by atoms with van der Waals surface area (Å²) in [6.07, 6.45) is 1.84. The Morgan fingerprint density at radius 1 is 0.947 bits per heavy atom. The van der Waals surface area contributed by atoms with Crippen LogP contribution in [0.5, 0.6) is 11.5 Å². The molecule has 2 aromatic carbocycles. The number of benzene rings is 2. The van der Waals surface area contributed by atoms with E-state index >= 15 is 0 Å². The molecule has 38 heavy (non-hydrogen) atoms. The number of aromatic nitrogens is 2. The lowest BCUT2D eigenvalue weighted by molar-refractivity contribution is -0.122. The molecule has 3 amide bonds. The number of carbonyl (C=O) groups is 3. The predicted molar refractivity (Wildman–Crippen MR) is 140 cm³/mol. The zero-order valence-electron chi connectivity index (χ0n) is 21.2. The lowest BCUT2D eigenvalue weighted by Crippen LogP contribution is -2.38. The van der Waals surface area contributed by atoms with Gasteiger partial charge in [-0.1, -0.05) is 0 Å². The highest BCUT2D eigenvalue weighted by molar-refractivity contribution is 5.96. The number of anilines is 1. The third-order valence-corrected chi connectivity index (χ3v) is 5.94. The lowest BCUT2D eigenvalue weighted by atomic mass is 10.1. The highest BCUT2D eigenvalue weighted by atomic mass is 16.5. The quantitative estimate of drug-likeness (QED) is 0.328. The first-order chi connectivity index (χ1) is 18.4. The number of ether oxygens (including phenoxy) is 2. The fraction of sp³-hybridized carbons (Fsp3) is 0.296. The van der Waals surface area contributed by atoms with Crippen molar-refractivity contribution < 1.29 is 23.9 Å². The average molecular weight is 520 g/mol. The normalized spacial score (nSPS) is 12.4. The minimum atomic E-state index is -0.434. The Hall–Kier alpha value is -4.67. The smallest absolute Gasteiger partial charge is 0.267 e. The first-order valence-corrected chi connectivity index (χ1v) is 12.1. The van der Waals surface area contributed by atoms with E-state index in [0.717, 1.165) is 17.5 Å². The maximum absolute atomic E-state index is 12.4. The van der Waals surface area contributed by atoms with E-state index < -0.39 is 11.5 Å². The van der Waals surface area contributed by atoms with E-state index in [-0.39, 0.29) is 37.4 Å². The molecule has 3 aromatic rings. The molecular weight excluding hydrogens is 490 g/mol. The summed E-state index contributed by atoms with van der Waals surface area (Å²) in [4.78, 5) is 48.9. The second kappa shape index (κ2) is 12.0. The van der Waals surface area contributed by atoms with Gasteiger partial charge in [-0.05, 0) is 61.4 Å². The van der Waals surface area contributed by atoms with Crippen LogP contribution in [0.4, 0.5) is 5.69 Å². The van der Waals surface area contributed by atoms with E-state index in [1.54, 1.807) is 55.6 Å². The summed E-state index contributed by atoms with van der Waals surface area (Å²) in [6.45, 7) is 0.0628. The average Bonchev–Trinajstić information content (AvgIpc) is 3.78. The van der Waals surface area contributed by atoms with Crippen molar-refractivity contribution in [1.82, 2.24) is 20.4 Å². The van der Waals surface area contributed by atoms with E-state index in [0.29, 0.717) is 34.0 Å². The van der Waals surface area contributed by atoms with Crippen molar-refractivity contribution in [2.45, 2.75) is 19.4 Å². The third-order valence-electron chi connectivity index (χ3n) is 5.94. The van der Waals surface area contributed by atoms with Crippen molar-refractivity contribution in [3.63, 3.8) is 0 Å². The molecule has 0 spiro atoms. The van der Waals surface area contributed by atoms with Gasteiger partial charge in [-0.3, -0.25) is 19.2 Å². The zero-order valence-corrected chi connectivity index (χ0v) is 21.2. The Balaban J connectivity index is 1.27. The maximum Gasteiger partial charge on any atom is 0.267 e. The fourth-order valence-electron chi connectivity index (χ4n) is 3.69. The van der Waals surface area contributed by atoms with Gasteiger partial charge in [0.15, 0.2) is 0 Å². The number of amides is 3. The van der Waals surface area contributed by atoms with Crippen molar-refractivity contribution in [3.8, 4) is 22.8 Å². The minimum absolute atomic E-state index is 0.00200. The van der Waals surface area contributed by atoms with E-state index in [1.807, 2.05) is 0 Å². The molecule has 0 bridgehead atoms. The van der Waals surface area contributed by atoms with Crippen LogP contribution >= 0.6 is 0 Å². The Morgan fingerprint density at radius 3 is 2.37 bits per heavy atom. The molecule has 11 heteroatoms. The number of nitrogens with zero attached hydrogens (tertiary/aromatic N) is 2. The van der Waals surface area contributed by atoms with Gasteiger partial charge in [0.2, 0.25) is 11.8 Å². The first-order valence-electron chi connectivity index (χ1n) is 12.1. The largest absolute Gasteiger partial charge is 0.497 e. The van der Waals surface area contributed by atoms with E-state index in [9.17, 15) is 19.2 Å². The van der Waals surface area contributed by atoms with Crippen molar-refractivity contribution in [1.29, 1.82) is 0 Å². The van der Waals surface area contributed by atoms with Gasteiger partial charge in [0, 0.05) is 41.9 Å². The Bertz CT molecular complexity index is 1380. The molecule has 1 aromatic heterocycles. The first kappa shape index (κ1) is 26.4. The zero-order chi connectivity index (χ0) is 27.1. The number of hydrogen-bond acceptors (Lipinski definition) is 7. The topological polar surface area (TPSA) is 141 Å². The van der Waals surface area contributed by atoms with E-state index in [4.69, 9.17) is 9.47 Å². The van der Waals surface area contributed by atoms with Crippen molar-refractivity contribution in [3.05, 3.63) is 70.5 Å². The van der Waals surface area contributed by atoms with Gasteiger partial charge < -0.3 is 25.4 Å². The molecule has 3 N–H and O–H groups in total. The SMILES string of the molecule is COc1ccc(OC)c(-c2ccc(=O)n(CC(=O)NCCNC(=O)c3ccc(NC(=O)C4CC4)cc3)n2)c1. The third kappa shape index (κ3) is 6.75. The standard InChI is InChI=1S/C27H29N5O6/c1-37-20-9-11-23(38-2)21(15-20)22-10-12-25(34)32(31-22)16-24(33)28-13-14-29-26(35)17-5-7-19(8-6-17)30-27(36)18-3-4-18/h5-12,15,18H,3-4,13-14,16H2,1-2H3,(H,28,33)(H,29,35)(H,30,36). The molecule has 1 saturated carbocycles. The molecule has 11 nitrogen and oxygen atoms in total. The molecule has 1 aliphatic carbocycles. The Morgan fingerprint density at radius 2 is 1.68 bits per heavy atom. The number of hydrogen-bond donors (Lipinski definition) is 3. The number of nitrogens with one attached hydrogen (secondary N) is 3. The van der Waals surface area contributed by atoms with Gasteiger partial charge in [0.05, 0.1) is 19.9 Å². The maximum atomic E-state index is 12.4. The van der Waals surface area contributed by atoms with Crippen LogP contribution in [0, 0.1) is 5.92 Å². The number of carbonyl (C=O) groups excluding carboxylic acids is 3. The van der Waals surface area contributed by atoms with Crippen LogP contribution in [0.2, 0.25) is 0 Å². The summed E-state index contributed by atoms with van der Waals surface area (Å²) >= 11 is 0. The molecule has 0 radical (unpaired) electrons. The molecule has 0 unspecified atom stereocenters. The summed E-state index contributed by atoms with van der Waals surface area (Å²) in [6, 6.07) is 14.7. The Labute approximate surface area is 219 Å². The van der Waals surface area contributed by atoms with Crippen LogP contribution in [0.3, 0.4) is 0 Å². The van der Waals surface area contributed by atoms with Gasteiger partial charge >= 0.3 is 0 Å². The summed E-state index contributed by atoms with van der Waals surface area (Å²) in [5, 5.41) is 12.5. The van der Waals surface area contributed by atoms with E-state index in [1.165, 1.54) is 13.2 Å². The van der Waals surface area contributed by atoms with Crippen LogP contribution < -0.4 is 31.0 Å². The summed E-state index contributed by atoms with van der Waals surface area (Å²) in [5.41, 5.74) is 1.70. The molecule has 0 aliphatic heterocycles. The van der Waals surface area contributed by atoms with Crippen molar-refractivity contribution in [2.75, 3.05) is 32.6 Å². The van der Waals surface area contributed by atoms with Gasteiger partial charge in [0.1, 0.15) is 18.0 Å². The summed E-state index contributed by atoms with van der Waals surface area (Å²) < 4.78 is 11.7. The minimum Gasteiger partial charge on any atom is -0.497 e. The molecule has 0 saturated heterocycles. The molecule has 198 valence electrons. The second-order valence-corrected chi connectivity index (χ2v) is 8.73. The number of rotatable bonds is 11. The summed E-state index contributed by atoms with van der Waals surface area (Å²) in [7, 11) is 3.07. The molecule has 1 fully saturated rings. The van der Waals surface area contributed by atoms with Crippen LogP contribution in [0.15, 0.2) is 59.4 Å². The van der Waals surface area contributed by atoms with Gasteiger partial charge in [-0.15, -0.1) is 0 Å². The molecule has 4 rings (SSSR count). The van der Waals surface area contributed by atoms with Crippen LogP contribution in [0.1, 0.15) is 23.2 Å².